The fourth-order valence-electron chi connectivity index (χ4n) is 1.53. The van der Waals surface area contributed by atoms with Crippen molar-refractivity contribution in [2.45, 2.75) is 25.4 Å². The number of aliphatic carboxylic acids is 4. The molecule has 4 N–H and O–H groups in total. The summed E-state index contributed by atoms with van der Waals surface area (Å²) in [6.07, 6.45) is 3.45. The number of allylic oxidation sites excluding steroid dienone is 3. The van der Waals surface area contributed by atoms with E-state index in [-0.39, 0.29) is 128 Å². The smallest absolute Gasteiger partial charge is 1.00 e. The Balaban J connectivity index is -0.0000000840. The van der Waals surface area contributed by atoms with Gasteiger partial charge in [-0.05, 0) is 18.6 Å². The zero-order chi connectivity index (χ0) is 23.7. The first-order valence-electron chi connectivity index (χ1n) is 8.01. The molecular formula is C19H20ClKNa2O11. The molecule has 0 unspecified atom stereocenters. The average Bonchev–Trinajstić information content (AvgIpc) is 2.62. The molecule has 0 aliphatic rings. The van der Waals surface area contributed by atoms with E-state index in [9.17, 15) is 34.2 Å². The van der Waals surface area contributed by atoms with Gasteiger partial charge in [0.1, 0.15) is 0 Å². The van der Waals surface area contributed by atoms with E-state index in [1.165, 1.54) is 18.2 Å². The molecule has 0 bridgehead atoms. The van der Waals surface area contributed by atoms with Gasteiger partial charge < -0.3 is 52.6 Å². The summed E-state index contributed by atoms with van der Waals surface area (Å²) in [5.74, 6) is -7.31. The second-order valence-electron chi connectivity index (χ2n) is 5.34. The number of aliphatic hydroxyl groups is 1. The monoisotopic (exact) mass is 544 g/mol. The van der Waals surface area contributed by atoms with Gasteiger partial charge >= 0.3 is 128 Å². The average molecular weight is 545 g/mol. The first kappa shape index (κ1) is 47.2. The number of carbonyl (C=O) groups excluding carboxylic acids is 2. The van der Waals surface area contributed by atoms with E-state index in [4.69, 9.17) is 20.4 Å². The summed E-state index contributed by atoms with van der Waals surface area (Å²) in [4.78, 5) is 50.2. The van der Waals surface area contributed by atoms with Gasteiger partial charge in [-0.2, -0.15) is 0 Å². The molecule has 0 heterocycles. The molecule has 0 amide bonds. The normalized spacial score (nSPS) is 9.12. The predicted octanol–water partition coefficient (Wildman–Crippen LogP) is -13.3. The van der Waals surface area contributed by atoms with Crippen LogP contribution >= 0.6 is 0 Å². The van der Waals surface area contributed by atoms with Gasteiger partial charge in [0.25, 0.3) is 0 Å². The molecule has 15 heteroatoms. The maximum absolute atomic E-state index is 10.3. The molecule has 0 spiro atoms. The quantitative estimate of drug-likeness (QED) is 0.137. The van der Waals surface area contributed by atoms with Crippen LogP contribution in [0.25, 0.3) is 0 Å². The fraction of sp³-hybridized carbons (Fsp3) is 0.211. The number of carboxylic acids is 5. The third kappa shape index (κ3) is 28.2. The summed E-state index contributed by atoms with van der Waals surface area (Å²) in [7, 11) is 0. The van der Waals surface area contributed by atoms with Crippen molar-refractivity contribution >= 4 is 29.8 Å². The van der Waals surface area contributed by atoms with E-state index < -0.39 is 48.3 Å². The third-order valence-electron chi connectivity index (χ3n) is 2.83. The molecule has 0 fully saturated rings. The summed E-state index contributed by atoms with van der Waals surface area (Å²) >= 11 is 0. The van der Waals surface area contributed by atoms with Gasteiger partial charge in [-0.3, -0.25) is 9.59 Å². The van der Waals surface area contributed by atoms with Crippen molar-refractivity contribution in [2.75, 3.05) is 0 Å². The summed E-state index contributed by atoms with van der Waals surface area (Å²) < 4.78 is 0. The van der Waals surface area contributed by atoms with Crippen LogP contribution in [0.1, 0.15) is 30.1 Å². The van der Waals surface area contributed by atoms with Gasteiger partial charge in [-0.1, -0.05) is 48.6 Å². The fourth-order valence-corrected chi connectivity index (χ4v) is 1.53. The van der Waals surface area contributed by atoms with Crippen molar-refractivity contribution in [3.8, 4) is 0 Å². The van der Waals surface area contributed by atoms with Gasteiger partial charge in [0.2, 0.25) is 0 Å². The number of hydrogen-bond acceptors (Lipinski definition) is 8. The van der Waals surface area contributed by atoms with Crippen LogP contribution in [0, 0.1) is 0 Å². The Kier molecular flexibility index (Phi) is 38.2. The van der Waals surface area contributed by atoms with Crippen LogP contribution in [0.4, 0.5) is 0 Å². The molecule has 1 aromatic carbocycles. The number of carbonyl (C=O) groups is 5. The zero-order valence-corrected chi connectivity index (χ0v) is 27.0. The van der Waals surface area contributed by atoms with E-state index >= 15 is 0 Å². The second-order valence-corrected chi connectivity index (χ2v) is 5.34. The van der Waals surface area contributed by atoms with Gasteiger partial charge in [0, 0.05) is 0 Å². The first-order valence-corrected chi connectivity index (χ1v) is 8.01. The van der Waals surface area contributed by atoms with E-state index in [1.54, 1.807) is 37.3 Å². The number of aromatic carboxylic acids is 1. The molecular weight excluding hydrogens is 525 g/mol. The van der Waals surface area contributed by atoms with Crippen LogP contribution in [0.5, 0.6) is 0 Å². The summed E-state index contributed by atoms with van der Waals surface area (Å²) in [5, 5.41) is 53.5. The van der Waals surface area contributed by atoms with Crippen molar-refractivity contribution in [1.82, 2.24) is 0 Å². The van der Waals surface area contributed by atoms with Gasteiger partial charge in [-0.15, -0.1) is 0 Å². The van der Waals surface area contributed by atoms with Crippen LogP contribution in [0.2, 0.25) is 0 Å². The summed E-state index contributed by atoms with van der Waals surface area (Å²) in [6.45, 7) is 1.81. The Labute approximate surface area is 288 Å². The van der Waals surface area contributed by atoms with Crippen molar-refractivity contribution in [1.29, 1.82) is 0 Å². The van der Waals surface area contributed by atoms with Crippen LogP contribution in [0.15, 0.2) is 54.6 Å². The van der Waals surface area contributed by atoms with Gasteiger partial charge in [0.05, 0.1) is 24.8 Å². The van der Waals surface area contributed by atoms with E-state index in [0.29, 0.717) is 0 Å². The Bertz CT molecular complexity index is 787. The molecule has 172 valence electrons. The van der Waals surface area contributed by atoms with Crippen molar-refractivity contribution in [3.63, 3.8) is 0 Å². The Morgan fingerprint density at radius 1 is 0.882 bits per heavy atom. The predicted molar refractivity (Wildman–Crippen MR) is 96.8 cm³/mol. The molecule has 1 rings (SSSR count). The van der Waals surface area contributed by atoms with Gasteiger partial charge in [0.15, 0.2) is 5.60 Å². The largest absolute Gasteiger partial charge is 1.00 e. The maximum Gasteiger partial charge on any atom is 1.00 e. The Hall–Kier alpha value is -0.0636. The molecule has 0 atom stereocenters. The molecule has 0 aromatic heterocycles. The number of halogens is 1. The van der Waals surface area contributed by atoms with Crippen LogP contribution in [0.3, 0.4) is 0 Å². The second kappa shape index (κ2) is 27.5. The number of benzene rings is 1. The molecule has 0 aliphatic carbocycles. The van der Waals surface area contributed by atoms with Crippen LogP contribution < -0.4 is 133 Å². The number of hydrogen-bond donors (Lipinski definition) is 4. The standard InChI is InChI=1S/C7H6O2.C6H8O7.C6H8O2.ClH.K.2Na/c8-7(9)6-4-2-1-3-5-6;7-3(8)1-6(13,5(11)12)2-4(9)10;1-2-3-4-5-6(7)8;;;;/h1-5H,(H,8,9);13H,1-2H2,(H,7,8)(H,9,10)(H,11,12);2-5H,1H3,(H,7,8);1H;;;/q;;;;3*+1/p-3/b;;3-2+,5-4+;;;;. The van der Waals surface area contributed by atoms with Crippen LogP contribution in [-0.4, -0.2) is 55.9 Å². The first-order chi connectivity index (χ1) is 13.9. The molecule has 0 radical (unpaired) electrons. The van der Waals surface area contributed by atoms with Crippen molar-refractivity contribution < 1.29 is 178 Å². The summed E-state index contributed by atoms with van der Waals surface area (Å²) in [6, 6.07) is 8.06. The van der Waals surface area contributed by atoms with Crippen LogP contribution in [-0.2, 0) is 19.2 Å². The minimum Gasteiger partial charge on any atom is -1.00 e. The summed E-state index contributed by atoms with van der Waals surface area (Å²) in [5.41, 5.74) is -2.52. The zero-order valence-electron chi connectivity index (χ0n) is 19.1. The topological polar surface area (TPSA) is 212 Å². The Morgan fingerprint density at radius 2 is 1.29 bits per heavy atom. The van der Waals surface area contributed by atoms with E-state index in [0.717, 1.165) is 6.08 Å². The third-order valence-corrected chi connectivity index (χ3v) is 2.83. The molecule has 0 aliphatic heterocycles. The molecule has 0 saturated heterocycles. The number of carboxylic acid groups (broad SMARTS) is 5. The molecule has 1 aromatic rings. The van der Waals surface area contributed by atoms with Crippen molar-refractivity contribution in [2.24, 2.45) is 0 Å². The van der Waals surface area contributed by atoms with Gasteiger partial charge in [-0.25, -0.2) is 4.79 Å². The Morgan fingerprint density at radius 3 is 1.53 bits per heavy atom. The van der Waals surface area contributed by atoms with E-state index in [2.05, 4.69) is 0 Å². The molecule has 11 nitrogen and oxygen atoms in total. The SMILES string of the molecule is C/C=C/C=C/C(=O)[O-].O=C(O)CC(O)(CC(=O)O)C(=O)O.O=C([O-])c1ccccc1.[Cl-].[K+].[Na+].[Na+]. The van der Waals surface area contributed by atoms with E-state index in [1.807, 2.05) is 0 Å². The minimum atomic E-state index is -2.74. The van der Waals surface area contributed by atoms with Crippen molar-refractivity contribution in [3.05, 3.63) is 60.2 Å². The molecule has 0 saturated carbocycles. The minimum absolute atomic E-state index is 0. The molecule has 34 heavy (non-hydrogen) atoms. The maximum atomic E-state index is 10.3. The number of rotatable bonds is 8.